The summed E-state index contributed by atoms with van der Waals surface area (Å²) in [5, 5.41) is 8.99. The average Bonchev–Trinajstić information content (AvgIpc) is 2.50. The number of carboxylic acids is 1. The lowest BCUT2D eigenvalue weighted by Gasteiger charge is -2.05. The van der Waals surface area contributed by atoms with E-state index in [4.69, 9.17) is 10.8 Å². The number of aromatic carboxylic acids is 1. The first-order valence-corrected chi connectivity index (χ1v) is 6.75. The van der Waals surface area contributed by atoms with Gasteiger partial charge in [-0.25, -0.2) is 9.18 Å². The summed E-state index contributed by atoms with van der Waals surface area (Å²) in [6.07, 6.45) is 1.32. The highest BCUT2D eigenvalue weighted by Crippen LogP contribution is 2.24. The van der Waals surface area contributed by atoms with Crippen LogP contribution in [0.1, 0.15) is 15.9 Å². The molecule has 0 fully saturated rings. The molecule has 0 saturated heterocycles. The SMILES string of the molecule is Cc1cccc(C(=O)O)c(=O)[nH]ccc1-c1ccc(N)c(F)c1. The molecule has 0 amide bonds. The number of aryl methyl sites for hydroxylation is 1. The van der Waals surface area contributed by atoms with E-state index in [1.165, 1.54) is 30.5 Å². The van der Waals surface area contributed by atoms with Crippen LogP contribution in [0.2, 0.25) is 0 Å². The smallest absolute Gasteiger partial charge is 0.341 e. The van der Waals surface area contributed by atoms with E-state index in [9.17, 15) is 14.0 Å². The number of hydrogen-bond acceptors (Lipinski definition) is 3. The number of halogens is 1. The summed E-state index contributed by atoms with van der Waals surface area (Å²) >= 11 is 0. The molecule has 118 valence electrons. The number of H-pyrrole nitrogens is 1. The maximum Gasteiger partial charge on any atom is 0.341 e. The number of carbonyl (C=O) groups is 1. The molecule has 0 radical (unpaired) electrons. The number of benzene rings is 1. The molecule has 4 N–H and O–H groups in total. The topological polar surface area (TPSA) is 96.2 Å². The summed E-state index contributed by atoms with van der Waals surface area (Å²) < 4.78 is 13.7. The van der Waals surface area contributed by atoms with Crippen LogP contribution in [0.15, 0.2) is 53.5 Å². The van der Waals surface area contributed by atoms with Gasteiger partial charge in [0.15, 0.2) is 0 Å². The van der Waals surface area contributed by atoms with Gasteiger partial charge in [-0.3, -0.25) is 4.79 Å². The van der Waals surface area contributed by atoms with Crippen molar-refractivity contribution < 1.29 is 14.3 Å². The first kappa shape index (κ1) is 16.2. The third kappa shape index (κ3) is 3.74. The Morgan fingerprint density at radius 2 is 1.96 bits per heavy atom. The summed E-state index contributed by atoms with van der Waals surface area (Å²) in [5.41, 5.74) is 6.44. The van der Waals surface area contributed by atoms with Crippen molar-refractivity contribution in [2.75, 3.05) is 5.73 Å². The molecule has 1 aromatic carbocycles. The van der Waals surface area contributed by atoms with Gasteiger partial charge < -0.3 is 15.8 Å². The molecule has 0 aliphatic rings. The van der Waals surface area contributed by atoms with Crippen LogP contribution in [0, 0.1) is 12.7 Å². The normalized spacial score (nSPS) is 10.0. The van der Waals surface area contributed by atoms with Crippen LogP contribution in [0.5, 0.6) is 0 Å². The van der Waals surface area contributed by atoms with Crippen molar-refractivity contribution in [3.63, 3.8) is 0 Å². The van der Waals surface area contributed by atoms with E-state index in [0.717, 1.165) is 5.56 Å². The number of nitrogen functional groups attached to an aromatic ring is 1. The number of anilines is 1. The number of carboxylic acid groups (broad SMARTS) is 1. The number of rotatable bonds is 2. The third-order valence-corrected chi connectivity index (χ3v) is 3.28. The molecular formula is C17H15FN2O3. The van der Waals surface area contributed by atoms with Crippen LogP contribution in [0.4, 0.5) is 10.1 Å². The third-order valence-electron chi connectivity index (χ3n) is 3.28. The molecule has 1 heterocycles. The minimum Gasteiger partial charge on any atom is -0.477 e. The van der Waals surface area contributed by atoms with Gasteiger partial charge in [0.2, 0.25) is 0 Å². The zero-order valence-corrected chi connectivity index (χ0v) is 12.3. The Balaban J connectivity index is 2.70. The van der Waals surface area contributed by atoms with Gasteiger partial charge >= 0.3 is 5.97 Å². The summed E-state index contributed by atoms with van der Waals surface area (Å²) in [4.78, 5) is 25.1. The Kier molecular flexibility index (Phi) is 4.75. The predicted octanol–water partition coefficient (Wildman–Crippen LogP) is 2.89. The molecule has 0 bridgehead atoms. The Hall–Kier alpha value is -3.15. The van der Waals surface area contributed by atoms with Crippen LogP contribution in [0.3, 0.4) is 0 Å². The van der Waals surface area contributed by atoms with Gasteiger partial charge in [0.1, 0.15) is 11.4 Å². The lowest BCUT2D eigenvalue weighted by atomic mass is 10.0. The average molecular weight is 314 g/mol. The fourth-order valence-electron chi connectivity index (χ4n) is 2.05. The molecule has 0 aliphatic carbocycles. The number of aromatic amines is 1. The molecule has 2 rings (SSSR count). The van der Waals surface area contributed by atoms with E-state index in [2.05, 4.69) is 4.98 Å². The van der Waals surface area contributed by atoms with Gasteiger partial charge in [0.25, 0.3) is 5.56 Å². The Morgan fingerprint density at radius 1 is 1.22 bits per heavy atom. The fourth-order valence-corrected chi connectivity index (χ4v) is 2.05. The second kappa shape index (κ2) is 6.74. The Morgan fingerprint density at radius 3 is 2.61 bits per heavy atom. The van der Waals surface area contributed by atoms with Crippen LogP contribution in [0.25, 0.3) is 11.1 Å². The zero-order chi connectivity index (χ0) is 17.0. The number of aromatic nitrogens is 1. The van der Waals surface area contributed by atoms with Crippen LogP contribution in [-0.4, -0.2) is 16.1 Å². The minimum absolute atomic E-state index is 0.0497. The van der Waals surface area contributed by atoms with Crippen molar-refractivity contribution in [1.82, 2.24) is 4.98 Å². The van der Waals surface area contributed by atoms with E-state index in [1.54, 1.807) is 25.1 Å². The van der Waals surface area contributed by atoms with Gasteiger partial charge in [-0.15, -0.1) is 0 Å². The molecule has 0 atom stereocenters. The highest BCUT2D eigenvalue weighted by atomic mass is 19.1. The Bertz CT molecular complexity index is 874. The largest absolute Gasteiger partial charge is 0.477 e. The maximum absolute atomic E-state index is 13.7. The summed E-state index contributed by atoms with van der Waals surface area (Å²) in [6, 6.07) is 10.3. The van der Waals surface area contributed by atoms with Gasteiger partial charge in [-0.1, -0.05) is 18.2 Å². The molecule has 23 heavy (non-hydrogen) atoms. The molecule has 1 aromatic heterocycles. The van der Waals surface area contributed by atoms with Crippen molar-refractivity contribution >= 4 is 11.7 Å². The Labute approximate surface area is 131 Å². The van der Waals surface area contributed by atoms with E-state index in [1.807, 2.05) is 0 Å². The molecule has 5 nitrogen and oxygen atoms in total. The number of nitrogens with one attached hydrogen (secondary N) is 1. The maximum atomic E-state index is 13.7. The summed E-state index contributed by atoms with van der Waals surface area (Å²) in [7, 11) is 0. The van der Waals surface area contributed by atoms with Crippen molar-refractivity contribution in [1.29, 1.82) is 0 Å². The number of nitrogens with two attached hydrogens (primary N) is 1. The van der Waals surface area contributed by atoms with E-state index >= 15 is 0 Å². The lowest BCUT2D eigenvalue weighted by Crippen LogP contribution is -2.14. The van der Waals surface area contributed by atoms with E-state index in [0.29, 0.717) is 11.1 Å². The molecule has 0 spiro atoms. The highest BCUT2D eigenvalue weighted by molar-refractivity contribution is 5.86. The molecule has 6 heteroatoms. The summed E-state index contributed by atoms with van der Waals surface area (Å²) in [5.74, 6) is -1.85. The van der Waals surface area contributed by atoms with Crippen molar-refractivity contribution in [3.05, 3.63) is 76.0 Å². The second-order valence-corrected chi connectivity index (χ2v) is 4.88. The van der Waals surface area contributed by atoms with Crippen molar-refractivity contribution in [2.45, 2.75) is 6.92 Å². The predicted molar refractivity (Wildman–Crippen MR) is 86.2 cm³/mol. The standard InChI is InChI=1S/C17H15FN2O3/c1-10-3-2-4-13(17(22)23)16(21)20-8-7-12(10)11-5-6-15(19)14(18)9-11/h2-9H,19H2,1H3,(H,20,21)(H,22,23). The van der Waals surface area contributed by atoms with Crippen LogP contribution < -0.4 is 11.3 Å². The quantitative estimate of drug-likeness (QED) is 0.743. The fraction of sp³-hybridized carbons (Fsp3) is 0.0588. The molecule has 0 aliphatic heterocycles. The van der Waals surface area contributed by atoms with Gasteiger partial charge in [0.05, 0.1) is 5.69 Å². The van der Waals surface area contributed by atoms with Crippen molar-refractivity contribution in [3.8, 4) is 11.1 Å². The monoisotopic (exact) mass is 314 g/mol. The first-order chi connectivity index (χ1) is 10.9. The van der Waals surface area contributed by atoms with E-state index < -0.39 is 17.3 Å². The van der Waals surface area contributed by atoms with Gasteiger partial charge in [-0.2, -0.15) is 0 Å². The first-order valence-electron chi connectivity index (χ1n) is 6.75. The lowest BCUT2D eigenvalue weighted by molar-refractivity contribution is 0.0695. The molecule has 0 unspecified atom stereocenters. The molecular weight excluding hydrogens is 299 g/mol. The van der Waals surface area contributed by atoms with Gasteiger partial charge in [-0.05, 0) is 47.9 Å². The molecule has 2 aromatic rings. The van der Waals surface area contributed by atoms with E-state index in [-0.39, 0.29) is 11.3 Å². The zero-order valence-electron chi connectivity index (χ0n) is 12.3. The molecule has 0 saturated carbocycles. The summed E-state index contributed by atoms with van der Waals surface area (Å²) in [6.45, 7) is 1.79. The minimum atomic E-state index is -1.32. The van der Waals surface area contributed by atoms with Gasteiger partial charge in [0, 0.05) is 6.20 Å². The van der Waals surface area contributed by atoms with Crippen molar-refractivity contribution in [2.24, 2.45) is 0 Å². The number of hydrogen-bond donors (Lipinski definition) is 3. The highest BCUT2D eigenvalue weighted by Gasteiger charge is 2.06. The van der Waals surface area contributed by atoms with Crippen LogP contribution in [-0.2, 0) is 0 Å². The van der Waals surface area contributed by atoms with Crippen LogP contribution >= 0.6 is 0 Å². The second-order valence-electron chi connectivity index (χ2n) is 4.88.